The zero-order chi connectivity index (χ0) is 22.6. The summed E-state index contributed by atoms with van der Waals surface area (Å²) in [4.78, 5) is 34.5. The van der Waals surface area contributed by atoms with Crippen molar-refractivity contribution in [3.05, 3.63) is 76.2 Å². The first-order valence-corrected chi connectivity index (χ1v) is 9.61. The zero-order valence-corrected chi connectivity index (χ0v) is 17.0. The number of alkyl halides is 1. The second-order valence-corrected chi connectivity index (χ2v) is 7.59. The minimum Gasteiger partial charge on any atom is -0.478 e. The normalized spacial score (nSPS) is 13.9. The summed E-state index contributed by atoms with van der Waals surface area (Å²) < 4.78 is 28.2. The number of hydrogen-bond acceptors (Lipinski definition) is 5. The van der Waals surface area contributed by atoms with Crippen molar-refractivity contribution >= 4 is 11.9 Å². The van der Waals surface area contributed by atoms with Crippen molar-refractivity contribution in [2.24, 2.45) is 0 Å². The molecule has 0 fully saturated rings. The van der Waals surface area contributed by atoms with Crippen molar-refractivity contribution < 1.29 is 18.7 Å². The fourth-order valence-corrected chi connectivity index (χ4v) is 3.49. The second-order valence-electron chi connectivity index (χ2n) is 7.59. The molecular formula is C22H22F2N4O3. The lowest BCUT2D eigenvalue weighted by atomic mass is 9.81. The van der Waals surface area contributed by atoms with E-state index in [-0.39, 0.29) is 35.7 Å². The van der Waals surface area contributed by atoms with Gasteiger partial charge in [0.2, 0.25) is 5.95 Å². The minimum atomic E-state index is -1.20. The number of aromatic carboxylic acids is 1. The number of anilines is 1. The Bertz CT molecular complexity index is 1150. The van der Waals surface area contributed by atoms with Gasteiger partial charge in [-0.2, -0.15) is 0 Å². The number of hydrogen-bond donors (Lipinski definition) is 3. The molecule has 0 radical (unpaired) electrons. The number of carboxylic acid groups (broad SMARTS) is 1. The maximum absolute atomic E-state index is 14.3. The van der Waals surface area contributed by atoms with Crippen molar-refractivity contribution in [2.45, 2.75) is 31.9 Å². The second kappa shape index (κ2) is 9.03. The van der Waals surface area contributed by atoms with E-state index in [0.717, 1.165) is 0 Å². The SMILES string of the molecule is C[C@@H](F)C[C@](C)(CNc1ncc(-c2cccc(C(=O)O)c2)c(=O)[nH]1)c1ncccc1F. The van der Waals surface area contributed by atoms with E-state index in [0.29, 0.717) is 5.56 Å². The van der Waals surface area contributed by atoms with E-state index < -0.39 is 28.9 Å². The molecule has 3 aromatic rings. The number of halogens is 2. The molecule has 31 heavy (non-hydrogen) atoms. The molecule has 0 bridgehead atoms. The number of aromatic nitrogens is 3. The molecule has 2 aromatic heterocycles. The fourth-order valence-electron chi connectivity index (χ4n) is 3.49. The van der Waals surface area contributed by atoms with E-state index in [2.05, 4.69) is 20.3 Å². The maximum atomic E-state index is 14.3. The Kier molecular flexibility index (Phi) is 6.43. The Morgan fingerprint density at radius 2 is 2.06 bits per heavy atom. The summed E-state index contributed by atoms with van der Waals surface area (Å²) in [6.07, 6.45) is 1.57. The van der Waals surface area contributed by atoms with Gasteiger partial charge in [-0.15, -0.1) is 0 Å². The van der Waals surface area contributed by atoms with E-state index in [9.17, 15) is 18.4 Å². The molecule has 3 N–H and O–H groups in total. The number of aromatic amines is 1. The Labute approximate surface area is 177 Å². The molecule has 1 aromatic carbocycles. The number of H-pyrrole nitrogens is 1. The monoisotopic (exact) mass is 428 g/mol. The van der Waals surface area contributed by atoms with Crippen LogP contribution in [0.15, 0.2) is 53.6 Å². The van der Waals surface area contributed by atoms with Crippen LogP contribution >= 0.6 is 0 Å². The Morgan fingerprint density at radius 1 is 1.29 bits per heavy atom. The van der Waals surface area contributed by atoms with Crippen LogP contribution in [0.4, 0.5) is 14.7 Å². The number of benzene rings is 1. The predicted octanol–water partition coefficient (Wildman–Crippen LogP) is 3.79. The average molecular weight is 428 g/mol. The predicted molar refractivity (Wildman–Crippen MR) is 112 cm³/mol. The van der Waals surface area contributed by atoms with Gasteiger partial charge < -0.3 is 10.4 Å². The highest BCUT2D eigenvalue weighted by atomic mass is 19.1. The maximum Gasteiger partial charge on any atom is 0.335 e. The highest BCUT2D eigenvalue weighted by Gasteiger charge is 2.33. The lowest BCUT2D eigenvalue weighted by Crippen LogP contribution is -2.36. The van der Waals surface area contributed by atoms with Gasteiger partial charge in [0, 0.05) is 24.4 Å². The lowest BCUT2D eigenvalue weighted by molar-refractivity contribution is 0.0697. The van der Waals surface area contributed by atoms with Crippen LogP contribution in [0.1, 0.15) is 36.3 Å². The first-order chi connectivity index (χ1) is 14.7. The molecule has 7 nitrogen and oxygen atoms in total. The topological polar surface area (TPSA) is 108 Å². The molecule has 0 aliphatic rings. The first-order valence-electron chi connectivity index (χ1n) is 9.61. The van der Waals surface area contributed by atoms with Gasteiger partial charge >= 0.3 is 5.97 Å². The van der Waals surface area contributed by atoms with Gasteiger partial charge in [0.25, 0.3) is 5.56 Å². The number of rotatable bonds is 8. The van der Waals surface area contributed by atoms with Crippen molar-refractivity contribution in [1.82, 2.24) is 15.0 Å². The van der Waals surface area contributed by atoms with Crippen LogP contribution < -0.4 is 10.9 Å². The molecule has 0 aliphatic carbocycles. The van der Waals surface area contributed by atoms with Gasteiger partial charge in [-0.25, -0.2) is 18.6 Å². The molecule has 0 unspecified atom stereocenters. The summed E-state index contributed by atoms with van der Waals surface area (Å²) in [5, 5.41) is 12.1. The molecule has 0 saturated carbocycles. The summed E-state index contributed by atoms with van der Waals surface area (Å²) >= 11 is 0. The minimum absolute atomic E-state index is 0.0121. The highest BCUT2D eigenvalue weighted by Crippen LogP contribution is 2.30. The third-order valence-electron chi connectivity index (χ3n) is 4.93. The van der Waals surface area contributed by atoms with Gasteiger partial charge in [0.05, 0.1) is 23.0 Å². The third-order valence-corrected chi connectivity index (χ3v) is 4.93. The summed E-state index contributed by atoms with van der Waals surface area (Å²) in [7, 11) is 0. The highest BCUT2D eigenvalue weighted by molar-refractivity contribution is 5.89. The van der Waals surface area contributed by atoms with E-state index in [1.165, 1.54) is 49.6 Å². The Balaban J connectivity index is 1.85. The number of pyridine rings is 1. The van der Waals surface area contributed by atoms with Crippen LogP contribution in [0.3, 0.4) is 0 Å². The van der Waals surface area contributed by atoms with Gasteiger partial charge in [-0.1, -0.05) is 19.1 Å². The Hall–Kier alpha value is -3.62. The smallest absolute Gasteiger partial charge is 0.335 e. The van der Waals surface area contributed by atoms with E-state index in [1.54, 1.807) is 13.0 Å². The van der Waals surface area contributed by atoms with Crippen molar-refractivity contribution in [2.75, 3.05) is 11.9 Å². The summed E-state index contributed by atoms with van der Waals surface area (Å²) in [5.41, 5.74) is -0.697. The molecule has 0 spiro atoms. The fraction of sp³-hybridized carbons (Fsp3) is 0.273. The Morgan fingerprint density at radius 3 is 2.71 bits per heavy atom. The van der Waals surface area contributed by atoms with Crippen molar-refractivity contribution in [3.63, 3.8) is 0 Å². The van der Waals surface area contributed by atoms with Gasteiger partial charge in [-0.05, 0) is 43.2 Å². The average Bonchev–Trinajstić information content (AvgIpc) is 2.72. The summed E-state index contributed by atoms with van der Waals surface area (Å²) in [6.45, 7) is 3.15. The third kappa shape index (κ3) is 5.11. The molecule has 2 atom stereocenters. The van der Waals surface area contributed by atoms with Gasteiger partial charge in [-0.3, -0.25) is 14.8 Å². The summed E-state index contributed by atoms with van der Waals surface area (Å²) in [5.74, 6) is -1.52. The van der Waals surface area contributed by atoms with Crippen LogP contribution in [0.2, 0.25) is 0 Å². The van der Waals surface area contributed by atoms with Crippen LogP contribution in [-0.2, 0) is 5.41 Å². The standard InChI is InChI=1S/C22H22F2N4O3/c1-13(23)10-22(2,18-17(24)7-4-8-25-18)12-27-21-26-11-16(19(29)28-21)14-5-3-6-15(9-14)20(30)31/h3-9,11,13H,10,12H2,1-2H3,(H,30,31)(H2,26,27,28,29)/t13-,22-/m1/s1. The van der Waals surface area contributed by atoms with Gasteiger partial charge in [0.1, 0.15) is 5.82 Å². The lowest BCUT2D eigenvalue weighted by Gasteiger charge is -2.30. The largest absolute Gasteiger partial charge is 0.478 e. The van der Waals surface area contributed by atoms with Crippen LogP contribution in [-0.4, -0.2) is 38.7 Å². The van der Waals surface area contributed by atoms with E-state index in [1.807, 2.05) is 0 Å². The number of carboxylic acids is 1. The molecule has 2 heterocycles. The van der Waals surface area contributed by atoms with E-state index in [4.69, 9.17) is 5.11 Å². The van der Waals surface area contributed by atoms with Crippen molar-refractivity contribution in [1.29, 1.82) is 0 Å². The van der Waals surface area contributed by atoms with Crippen molar-refractivity contribution in [3.8, 4) is 11.1 Å². The molecule has 162 valence electrons. The van der Waals surface area contributed by atoms with E-state index >= 15 is 0 Å². The number of carbonyl (C=O) groups is 1. The molecule has 9 heteroatoms. The molecule has 3 rings (SSSR count). The quantitative estimate of drug-likeness (QED) is 0.504. The van der Waals surface area contributed by atoms with Crippen LogP contribution in [0.25, 0.3) is 11.1 Å². The zero-order valence-electron chi connectivity index (χ0n) is 17.0. The van der Waals surface area contributed by atoms with Crippen LogP contribution in [0.5, 0.6) is 0 Å². The van der Waals surface area contributed by atoms with Gasteiger partial charge in [0.15, 0.2) is 0 Å². The summed E-state index contributed by atoms with van der Waals surface area (Å²) in [6, 6.07) is 8.68. The molecule has 0 saturated heterocycles. The number of nitrogens with one attached hydrogen (secondary N) is 2. The molecular weight excluding hydrogens is 406 g/mol. The van der Waals surface area contributed by atoms with Crippen LogP contribution in [0, 0.1) is 5.82 Å². The molecule has 0 amide bonds. The number of nitrogens with zero attached hydrogens (tertiary/aromatic N) is 2. The first kappa shape index (κ1) is 22.1. The molecule has 0 aliphatic heterocycles.